The third kappa shape index (κ3) is 6.65. The van der Waals surface area contributed by atoms with E-state index in [9.17, 15) is 18.8 Å². The molecule has 2 aromatic carbocycles. The van der Waals surface area contributed by atoms with Gasteiger partial charge in [-0.15, -0.1) is 0 Å². The molecule has 3 aromatic rings. The van der Waals surface area contributed by atoms with Gasteiger partial charge in [-0.25, -0.2) is 9.37 Å². The molecule has 0 bridgehead atoms. The highest BCUT2D eigenvalue weighted by Gasteiger charge is 2.24. The summed E-state index contributed by atoms with van der Waals surface area (Å²) in [7, 11) is 0. The number of rotatable bonds is 9. The number of likely N-dealkylation sites (tertiary alicyclic amines) is 1. The highest BCUT2D eigenvalue weighted by molar-refractivity contribution is 6.06. The molecule has 0 atom stereocenters. The highest BCUT2D eigenvalue weighted by Crippen LogP contribution is 2.30. The van der Waals surface area contributed by atoms with E-state index in [4.69, 9.17) is 0 Å². The van der Waals surface area contributed by atoms with Crippen LogP contribution in [0.1, 0.15) is 45.7 Å². The number of amides is 3. The van der Waals surface area contributed by atoms with Crippen molar-refractivity contribution in [3.8, 4) is 0 Å². The minimum Gasteiger partial charge on any atom is -0.368 e. The summed E-state index contributed by atoms with van der Waals surface area (Å²) < 4.78 is 14.3. The predicted molar refractivity (Wildman–Crippen MR) is 157 cm³/mol. The molecule has 0 saturated carbocycles. The number of pyridine rings is 1. The standard InChI is InChI=1S/C31H35FN6O3/c1-22-7-2-3-9-26(22)36-17-19-37(20-18-36)27-12-11-23(30(40)34-14-6-16-38-15-5-10-28(38)39)21-25(27)35-31(41)29-24(32)8-4-13-33-29/h2-4,7-9,11-13,21H,5-6,10,14-20H2,1H3,(H,34,40)(H,35,41). The summed E-state index contributed by atoms with van der Waals surface area (Å²) in [5, 5.41) is 5.71. The number of halogens is 1. The fourth-order valence-corrected chi connectivity index (χ4v) is 5.41. The Morgan fingerprint density at radius 3 is 2.39 bits per heavy atom. The van der Waals surface area contributed by atoms with E-state index >= 15 is 0 Å². The van der Waals surface area contributed by atoms with Crippen LogP contribution in [0.2, 0.25) is 0 Å². The Labute approximate surface area is 239 Å². The van der Waals surface area contributed by atoms with Crippen molar-refractivity contribution in [2.24, 2.45) is 0 Å². The van der Waals surface area contributed by atoms with Crippen LogP contribution < -0.4 is 20.4 Å². The summed E-state index contributed by atoms with van der Waals surface area (Å²) in [6.45, 7) is 6.89. The second-order valence-electron chi connectivity index (χ2n) is 10.4. The smallest absolute Gasteiger partial charge is 0.277 e. The molecule has 1 aromatic heterocycles. The summed E-state index contributed by atoms with van der Waals surface area (Å²) in [6, 6.07) is 16.1. The third-order valence-electron chi connectivity index (χ3n) is 7.62. The number of carbonyl (C=O) groups is 3. The molecule has 3 heterocycles. The lowest BCUT2D eigenvalue weighted by Crippen LogP contribution is -2.47. The molecule has 2 aliphatic rings. The van der Waals surface area contributed by atoms with Crippen LogP contribution in [0.15, 0.2) is 60.8 Å². The van der Waals surface area contributed by atoms with Crippen molar-refractivity contribution in [3.05, 3.63) is 83.4 Å². The van der Waals surface area contributed by atoms with E-state index in [0.717, 1.165) is 31.7 Å². The Kier molecular flexibility index (Phi) is 8.76. The number of benzene rings is 2. The zero-order chi connectivity index (χ0) is 28.8. The Hall–Kier alpha value is -4.47. The summed E-state index contributed by atoms with van der Waals surface area (Å²) in [5.41, 5.74) is 3.65. The number of piperazine rings is 1. The van der Waals surface area contributed by atoms with Gasteiger partial charge in [-0.1, -0.05) is 18.2 Å². The molecular weight excluding hydrogens is 523 g/mol. The number of hydrogen-bond donors (Lipinski definition) is 2. The predicted octanol–water partition coefficient (Wildman–Crippen LogP) is 3.85. The van der Waals surface area contributed by atoms with Crippen LogP contribution >= 0.6 is 0 Å². The zero-order valence-electron chi connectivity index (χ0n) is 23.2. The second kappa shape index (κ2) is 12.8. The number of hydrogen-bond acceptors (Lipinski definition) is 6. The average molecular weight is 559 g/mol. The van der Waals surface area contributed by atoms with E-state index in [1.807, 2.05) is 23.1 Å². The number of para-hydroxylation sites is 1. The molecule has 3 amide bonds. The van der Waals surface area contributed by atoms with Crippen molar-refractivity contribution in [3.63, 3.8) is 0 Å². The molecule has 2 fully saturated rings. The molecule has 0 unspecified atom stereocenters. The van der Waals surface area contributed by atoms with Gasteiger partial charge >= 0.3 is 0 Å². The van der Waals surface area contributed by atoms with E-state index < -0.39 is 11.7 Å². The number of aryl methyl sites for hydroxylation is 1. The van der Waals surface area contributed by atoms with E-state index in [2.05, 4.69) is 44.5 Å². The van der Waals surface area contributed by atoms with Gasteiger partial charge in [-0.2, -0.15) is 0 Å². The van der Waals surface area contributed by atoms with Gasteiger partial charge in [-0.05, 0) is 61.7 Å². The van der Waals surface area contributed by atoms with Gasteiger partial charge in [-0.3, -0.25) is 14.4 Å². The normalized spacial score (nSPS) is 15.3. The molecule has 0 aliphatic carbocycles. The summed E-state index contributed by atoms with van der Waals surface area (Å²) >= 11 is 0. The zero-order valence-corrected chi connectivity index (χ0v) is 23.2. The van der Waals surface area contributed by atoms with Gasteiger partial charge in [0.25, 0.3) is 11.8 Å². The van der Waals surface area contributed by atoms with Crippen LogP contribution in [-0.4, -0.2) is 73.4 Å². The minimum absolute atomic E-state index is 0.163. The van der Waals surface area contributed by atoms with E-state index in [1.54, 1.807) is 12.1 Å². The average Bonchev–Trinajstić information content (AvgIpc) is 3.40. The lowest BCUT2D eigenvalue weighted by molar-refractivity contribution is -0.127. The van der Waals surface area contributed by atoms with Gasteiger partial charge in [0, 0.05) is 69.7 Å². The fraction of sp³-hybridized carbons (Fsp3) is 0.355. The Morgan fingerprint density at radius 2 is 1.68 bits per heavy atom. The Bertz CT molecular complexity index is 1420. The van der Waals surface area contributed by atoms with E-state index in [0.29, 0.717) is 50.3 Å². The lowest BCUT2D eigenvalue weighted by atomic mass is 10.1. The monoisotopic (exact) mass is 558 g/mol. The maximum Gasteiger partial charge on any atom is 0.277 e. The second-order valence-corrected chi connectivity index (χ2v) is 10.4. The van der Waals surface area contributed by atoms with E-state index in [1.165, 1.54) is 29.6 Å². The van der Waals surface area contributed by atoms with Crippen molar-refractivity contribution in [2.45, 2.75) is 26.2 Å². The van der Waals surface area contributed by atoms with Gasteiger partial charge in [0.1, 0.15) is 0 Å². The molecule has 2 N–H and O–H groups in total. The van der Waals surface area contributed by atoms with Crippen molar-refractivity contribution in [1.29, 1.82) is 0 Å². The summed E-state index contributed by atoms with van der Waals surface area (Å²) in [4.78, 5) is 48.0. The van der Waals surface area contributed by atoms with Crippen LogP contribution in [-0.2, 0) is 4.79 Å². The van der Waals surface area contributed by atoms with E-state index in [-0.39, 0.29) is 17.5 Å². The fourth-order valence-electron chi connectivity index (χ4n) is 5.41. The van der Waals surface area contributed by atoms with Crippen LogP contribution in [0.25, 0.3) is 0 Å². The molecule has 5 rings (SSSR count). The maximum atomic E-state index is 14.3. The van der Waals surface area contributed by atoms with Gasteiger partial charge in [0.15, 0.2) is 11.5 Å². The van der Waals surface area contributed by atoms with Crippen molar-refractivity contribution in [2.75, 3.05) is 60.9 Å². The molecule has 2 aliphatic heterocycles. The Morgan fingerprint density at radius 1 is 0.927 bits per heavy atom. The summed E-state index contributed by atoms with van der Waals surface area (Å²) in [6.07, 6.45) is 3.50. The highest BCUT2D eigenvalue weighted by atomic mass is 19.1. The first-order chi connectivity index (χ1) is 19.9. The van der Waals surface area contributed by atoms with Gasteiger partial charge in [0.05, 0.1) is 11.4 Å². The maximum absolute atomic E-state index is 14.3. The number of carbonyl (C=O) groups excluding carboxylic acids is 3. The van der Waals surface area contributed by atoms with Crippen LogP contribution in [0.4, 0.5) is 21.5 Å². The first-order valence-electron chi connectivity index (χ1n) is 14.1. The number of aromatic nitrogens is 1. The number of nitrogens with zero attached hydrogens (tertiary/aromatic N) is 4. The molecule has 214 valence electrons. The number of nitrogens with one attached hydrogen (secondary N) is 2. The molecule has 9 nitrogen and oxygen atoms in total. The molecule has 2 saturated heterocycles. The SMILES string of the molecule is Cc1ccccc1N1CCN(c2ccc(C(=O)NCCCN3CCCC3=O)cc2NC(=O)c2ncccc2F)CC1. The van der Waals surface area contributed by atoms with Crippen LogP contribution in [0.5, 0.6) is 0 Å². The first-order valence-corrected chi connectivity index (χ1v) is 14.1. The van der Waals surface area contributed by atoms with Crippen LogP contribution in [0, 0.1) is 12.7 Å². The molecule has 10 heteroatoms. The molecule has 0 spiro atoms. The van der Waals surface area contributed by atoms with Crippen LogP contribution in [0.3, 0.4) is 0 Å². The Balaban J connectivity index is 1.30. The van der Waals surface area contributed by atoms with Crippen molar-refractivity contribution >= 4 is 34.8 Å². The molecule has 41 heavy (non-hydrogen) atoms. The van der Waals surface area contributed by atoms with Gasteiger partial charge in [0.2, 0.25) is 5.91 Å². The largest absolute Gasteiger partial charge is 0.368 e. The number of anilines is 3. The topological polar surface area (TPSA) is 97.9 Å². The lowest BCUT2D eigenvalue weighted by Gasteiger charge is -2.38. The minimum atomic E-state index is -0.719. The summed E-state index contributed by atoms with van der Waals surface area (Å²) in [5.74, 6) is -1.52. The van der Waals surface area contributed by atoms with Crippen molar-refractivity contribution < 1.29 is 18.8 Å². The van der Waals surface area contributed by atoms with Gasteiger partial charge < -0.3 is 25.3 Å². The molecule has 0 radical (unpaired) electrons. The van der Waals surface area contributed by atoms with Crippen molar-refractivity contribution in [1.82, 2.24) is 15.2 Å². The molecular formula is C31H35FN6O3. The quantitative estimate of drug-likeness (QED) is 0.388. The third-order valence-corrected chi connectivity index (χ3v) is 7.62. The first kappa shape index (κ1) is 28.1.